The Morgan fingerprint density at radius 3 is 2.60 bits per heavy atom. The number of hydrogen-bond donors (Lipinski definition) is 3. The van der Waals surface area contributed by atoms with Crippen molar-refractivity contribution in [1.29, 1.82) is 0 Å². The number of aromatic carboxylic acids is 1. The Morgan fingerprint density at radius 1 is 1.35 bits per heavy atom. The lowest BCUT2D eigenvalue weighted by Gasteiger charge is -2.08. The standard InChI is InChI=1S/C11H8BrClN2O4S/c12-8-3-6(13)1-2-9(8)15-20(18,19)7-4-10(11(16)17)14-5-7/h1-5,14-15H,(H,16,17). The Balaban J connectivity index is 2.33. The molecule has 0 unspecified atom stereocenters. The molecule has 0 radical (unpaired) electrons. The van der Waals surface area contributed by atoms with Crippen LogP contribution in [0.25, 0.3) is 0 Å². The average Bonchev–Trinajstić information content (AvgIpc) is 2.83. The zero-order chi connectivity index (χ0) is 14.9. The van der Waals surface area contributed by atoms with Gasteiger partial charge in [-0.2, -0.15) is 0 Å². The van der Waals surface area contributed by atoms with E-state index < -0.39 is 16.0 Å². The van der Waals surface area contributed by atoms with E-state index in [1.54, 1.807) is 6.07 Å². The third-order valence-corrected chi connectivity index (χ3v) is 4.61. The molecule has 106 valence electrons. The second-order valence-corrected chi connectivity index (χ2v) is 6.76. The van der Waals surface area contributed by atoms with Gasteiger partial charge in [-0.05, 0) is 40.2 Å². The molecule has 9 heteroatoms. The van der Waals surface area contributed by atoms with E-state index >= 15 is 0 Å². The molecule has 20 heavy (non-hydrogen) atoms. The molecule has 0 bridgehead atoms. The fraction of sp³-hybridized carbons (Fsp3) is 0. The third-order valence-electron chi connectivity index (χ3n) is 2.37. The normalized spacial score (nSPS) is 11.3. The maximum atomic E-state index is 12.1. The number of aromatic amines is 1. The zero-order valence-electron chi connectivity index (χ0n) is 9.72. The molecule has 0 amide bonds. The molecule has 0 spiro atoms. The monoisotopic (exact) mass is 378 g/mol. The summed E-state index contributed by atoms with van der Waals surface area (Å²) in [6.07, 6.45) is 1.11. The van der Waals surface area contributed by atoms with Gasteiger partial charge < -0.3 is 10.1 Å². The highest BCUT2D eigenvalue weighted by Crippen LogP contribution is 2.28. The lowest BCUT2D eigenvalue weighted by molar-refractivity contribution is 0.0691. The van der Waals surface area contributed by atoms with Crippen molar-refractivity contribution in [3.8, 4) is 0 Å². The maximum absolute atomic E-state index is 12.1. The highest BCUT2D eigenvalue weighted by Gasteiger charge is 2.19. The molecule has 0 atom stereocenters. The summed E-state index contributed by atoms with van der Waals surface area (Å²) in [5.41, 5.74) is 0.0908. The minimum absolute atomic E-state index is 0.170. The molecular formula is C11H8BrClN2O4S. The molecule has 1 heterocycles. The summed E-state index contributed by atoms with van der Waals surface area (Å²) < 4.78 is 27.0. The minimum atomic E-state index is -3.88. The Morgan fingerprint density at radius 2 is 2.05 bits per heavy atom. The summed E-state index contributed by atoms with van der Waals surface area (Å²) in [6, 6.07) is 5.60. The number of H-pyrrole nitrogens is 1. The second kappa shape index (κ2) is 5.47. The minimum Gasteiger partial charge on any atom is -0.477 e. The van der Waals surface area contributed by atoms with Gasteiger partial charge >= 0.3 is 5.97 Å². The Hall–Kier alpha value is -1.51. The first-order valence-corrected chi connectivity index (χ1v) is 7.84. The predicted octanol–water partition coefficient (Wildman–Crippen LogP) is 2.93. The van der Waals surface area contributed by atoms with Crippen LogP contribution >= 0.6 is 27.5 Å². The highest BCUT2D eigenvalue weighted by molar-refractivity contribution is 9.10. The van der Waals surface area contributed by atoms with E-state index in [1.807, 2.05) is 0 Å². The van der Waals surface area contributed by atoms with Crippen LogP contribution in [0.15, 0.2) is 39.8 Å². The third kappa shape index (κ3) is 3.14. The molecule has 6 nitrogen and oxygen atoms in total. The van der Waals surface area contributed by atoms with Crippen molar-refractivity contribution in [3.05, 3.63) is 45.7 Å². The number of carbonyl (C=O) groups is 1. The molecule has 0 fully saturated rings. The fourth-order valence-corrected chi connectivity index (χ4v) is 3.41. The van der Waals surface area contributed by atoms with Crippen LogP contribution in [0.4, 0.5) is 5.69 Å². The van der Waals surface area contributed by atoms with Crippen LogP contribution in [-0.2, 0) is 10.0 Å². The molecule has 1 aromatic heterocycles. The molecule has 0 saturated carbocycles. The lowest BCUT2D eigenvalue weighted by atomic mass is 10.3. The number of halogens is 2. The van der Waals surface area contributed by atoms with E-state index in [-0.39, 0.29) is 10.6 Å². The van der Waals surface area contributed by atoms with Gasteiger partial charge in [0.2, 0.25) is 0 Å². The molecule has 3 N–H and O–H groups in total. The van der Waals surface area contributed by atoms with Gasteiger partial charge in [0.25, 0.3) is 10.0 Å². The van der Waals surface area contributed by atoms with Crippen LogP contribution in [-0.4, -0.2) is 24.5 Å². The number of anilines is 1. The van der Waals surface area contributed by atoms with Crippen LogP contribution in [0.2, 0.25) is 5.02 Å². The van der Waals surface area contributed by atoms with Crippen molar-refractivity contribution >= 4 is 49.2 Å². The van der Waals surface area contributed by atoms with E-state index in [4.69, 9.17) is 16.7 Å². The maximum Gasteiger partial charge on any atom is 0.352 e. The Bertz CT molecular complexity index is 772. The van der Waals surface area contributed by atoms with Crippen LogP contribution in [0, 0.1) is 0 Å². The van der Waals surface area contributed by atoms with Crippen molar-refractivity contribution < 1.29 is 18.3 Å². The molecule has 2 rings (SSSR count). The molecule has 1 aromatic carbocycles. The number of hydrogen-bond acceptors (Lipinski definition) is 3. The van der Waals surface area contributed by atoms with E-state index in [0.29, 0.717) is 15.2 Å². The summed E-state index contributed by atoms with van der Waals surface area (Å²) >= 11 is 8.95. The number of rotatable bonds is 4. The number of benzene rings is 1. The lowest BCUT2D eigenvalue weighted by Crippen LogP contribution is -2.12. The summed E-state index contributed by atoms with van der Waals surface area (Å²) in [7, 11) is -3.88. The van der Waals surface area contributed by atoms with Gasteiger partial charge in [-0.3, -0.25) is 4.72 Å². The van der Waals surface area contributed by atoms with Crippen molar-refractivity contribution in [1.82, 2.24) is 4.98 Å². The number of carboxylic acids is 1. The quantitative estimate of drug-likeness (QED) is 0.760. The van der Waals surface area contributed by atoms with E-state index in [1.165, 1.54) is 12.1 Å². The highest BCUT2D eigenvalue weighted by atomic mass is 79.9. The molecule has 0 aliphatic heterocycles. The molecular weight excluding hydrogens is 372 g/mol. The van der Waals surface area contributed by atoms with E-state index in [2.05, 4.69) is 25.6 Å². The molecule has 2 aromatic rings. The van der Waals surface area contributed by atoms with Gasteiger partial charge in [0.05, 0.1) is 5.69 Å². The largest absolute Gasteiger partial charge is 0.477 e. The summed E-state index contributed by atoms with van der Waals surface area (Å²) in [5, 5.41) is 9.21. The van der Waals surface area contributed by atoms with Crippen molar-refractivity contribution in [2.24, 2.45) is 0 Å². The number of aromatic nitrogens is 1. The summed E-state index contributed by atoms with van der Waals surface area (Å²) in [5.74, 6) is -1.24. The van der Waals surface area contributed by atoms with Gasteiger partial charge in [-0.25, -0.2) is 13.2 Å². The van der Waals surface area contributed by atoms with Crippen LogP contribution in [0.5, 0.6) is 0 Å². The Labute approximate surface area is 127 Å². The van der Waals surface area contributed by atoms with Gasteiger partial charge in [0, 0.05) is 15.7 Å². The summed E-state index contributed by atoms with van der Waals surface area (Å²) in [4.78, 5) is 12.9. The van der Waals surface area contributed by atoms with Gasteiger partial charge in [0.1, 0.15) is 10.6 Å². The van der Waals surface area contributed by atoms with Crippen molar-refractivity contribution in [2.75, 3.05) is 4.72 Å². The first-order valence-electron chi connectivity index (χ1n) is 5.19. The van der Waals surface area contributed by atoms with Gasteiger partial charge in [-0.15, -0.1) is 0 Å². The van der Waals surface area contributed by atoms with Crippen molar-refractivity contribution in [3.63, 3.8) is 0 Å². The van der Waals surface area contributed by atoms with Gasteiger partial charge in [-0.1, -0.05) is 11.6 Å². The topological polar surface area (TPSA) is 99.3 Å². The Kier molecular flexibility index (Phi) is 4.07. The second-order valence-electron chi connectivity index (χ2n) is 3.78. The molecule has 0 aliphatic rings. The first kappa shape index (κ1) is 14.9. The number of carboxylic acid groups (broad SMARTS) is 1. The first-order chi connectivity index (χ1) is 9.29. The molecule has 0 saturated heterocycles. The SMILES string of the molecule is O=C(O)c1cc(S(=O)(=O)Nc2ccc(Cl)cc2Br)c[nH]1. The zero-order valence-corrected chi connectivity index (χ0v) is 12.9. The number of sulfonamides is 1. The predicted molar refractivity (Wildman–Crippen MR) is 77.7 cm³/mol. The summed E-state index contributed by atoms with van der Waals surface area (Å²) in [6.45, 7) is 0. The molecule has 0 aliphatic carbocycles. The smallest absolute Gasteiger partial charge is 0.352 e. The van der Waals surface area contributed by atoms with E-state index in [9.17, 15) is 13.2 Å². The fourth-order valence-electron chi connectivity index (χ4n) is 1.43. The van der Waals surface area contributed by atoms with E-state index in [0.717, 1.165) is 12.3 Å². The van der Waals surface area contributed by atoms with Crippen LogP contribution < -0.4 is 4.72 Å². The number of nitrogens with one attached hydrogen (secondary N) is 2. The van der Waals surface area contributed by atoms with Gasteiger partial charge in [0.15, 0.2) is 0 Å². The van der Waals surface area contributed by atoms with Crippen molar-refractivity contribution in [2.45, 2.75) is 4.90 Å². The van der Waals surface area contributed by atoms with Crippen LogP contribution in [0.1, 0.15) is 10.5 Å². The average molecular weight is 380 g/mol. The van der Waals surface area contributed by atoms with Crippen LogP contribution in [0.3, 0.4) is 0 Å².